The van der Waals surface area contributed by atoms with Crippen molar-refractivity contribution in [3.63, 3.8) is 0 Å². The first-order chi connectivity index (χ1) is 7.54. The molecule has 88 valence electrons. The van der Waals surface area contributed by atoms with Crippen LogP contribution in [-0.2, 0) is 0 Å². The van der Waals surface area contributed by atoms with E-state index >= 15 is 0 Å². The number of halogens is 1. The highest BCUT2D eigenvalue weighted by Gasteiger charge is 2.05. The molecule has 0 amide bonds. The van der Waals surface area contributed by atoms with Crippen molar-refractivity contribution in [2.24, 2.45) is 5.73 Å². The zero-order valence-corrected chi connectivity index (χ0v) is 11.7. The van der Waals surface area contributed by atoms with Gasteiger partial charge in [-0.15, -0.1) is 0 Å². The highest BCUT2D eigenvalue weighted by molar-refractivity contribution is 7.99. The van der Waals surface area contributed by atoms with Gasteiger partial charge in [0, 0.05) is 23.0 Å². The van der Waals surface area contributed by atoms with Gasteiger partial charge in [0.05, 0.1) is 5.02 Å². The van der Waals surface area contributed by atoms with Gasteiger partial charge in [0.2, 0.25) is 0 Å². The van der Waals surface area contributed by atoms with Gasteiger partial charge in [-0.25, -0.2) is 0 Å². The van der Waals surface area contributed by atoms with E-state index in [2.05, 4.69) is 18.5 Å². The molecule has 0 saturated heterocycles. The van der Waals surface area contributed by atoms with Crippen LogP contribution in [0.3, 0.4) is 0 Å². The predicted octanol–water partition coefficient (Wildman–Crippen LogP) is 3.14. The average molecular weight is 275 g/mol. The third kappa shape index (κ3) is 3.85. The second-order valence-corrected chi connectivity index (χ2v) is 5.61. The molecule has 0 heterocycles. The third-order valence-electron chi connectivity index (χ3n) is 2.23. The van der Waals surface area contributed by atoms with Crippen molar-refractivity contribution in [2.45, 2.75) is 12.2 Å². The Morgan fingerprint density at radius 2 is 2.31 bits per heavy atom. The Labute approximate surface area is 111 Å². The fourth-order valence-corrected chi connectivity index (χ4v) is 1.94. The molecule has 5 heteroatoms. The summed E-state index contributed by atoms with van der Waals surface area (Å²) in [6.45, 7) is 3.08. The van der Waals surface area contributed by atoms with Crippen LogP contribution in [0.4, 0.5) is 5.69 Å². The highest BCUT2D eigenvalue weighted by atomic mass is 35.5. The van der Waals surface area contributed by atoms with Gasteiger partial charge >= 0.3 is 0 Å². The number of thiocarbonyl (C=S) groups is 1. The molecule has 16 heavy (non-hydrogen) atoms. The molecule has 0 aliphatic carbocycles. The van der Waals surface area contributed by atoms with E-state index < -0.39 is 0 Å². The van der Waals surface area contributed by atoms with E-state index in [1.165, 1.54) is 0 Å². The van der Waals surface area contributed by atoms with Crippen LogP contribution < -0.4 is 11.1 Å². The molecule has 0 radical (unpaired) electrons. The maximum absolute atomic E-state index is 6.06. The van der Waals surface area contributed by atoms with Gasteiger partial charge in [0.25, 0.3) is 0 Å². The normalized spacial score (nSPS) is 12.2. The number of hydrogen-bond donors (Lipinski definition) is 2. The van der Waals surface area contributed by atoms with Gasteiger partial charge in [0.15, 0.2) is 0 Å². The first kappa shape index (κ1) is 13.6. The Morgan fingerprint density at radius 1 is 1.62 bits per heavy atom. The Morgan fingerprint density at radius 3 is 2.81 bits per heavy atom. The number of nitrogens with one attached hydrogen (secondary N) is 1. The Balaban J connectivity index is 2.70. The fourth-order valence-electron chi connectivity index (χ4n) is 1.17. The molecule has 1 rings (SSSR count). The number of rotatable bonds is 5. The predicted molar refractivity (Wildman–Crippen MR) is 78.8 cm³/mol. The molecule has 0 aliphatic rings. The molecule has 0 aliphatic heterocycles. The van der Waals surface area contributed by atoms with Gasteiger partial charge in [0.1, 0.15) is 4.99 Å². The zero-order valence-electron chi connectivity index (χ0n) is 9.29. The SMILES string of the molecule is CSC(C)CNc1ccc(C(N)=S)c(Cl)c1. The van der Waals surface area contributed by atoms with Gasteiger partial charge in [-0.05, 0) is 24.5 Å². The quantitative estimate of drug-likeness (QED) is 0.809. The largest absolute Gasteiger partial charge is 0.389 e. The van der Waals surface area contributed by atoms with E-state index in [1.807, 2.05) is 30.0 Å². The van der Waals surface area contributed by atoms with E-state index in [4.69, 9.17) is 29.6 Å². The standard InChI is InChI=1S/C11H15ClN2S2/c1-7(16-2)6-14-8-3-4-9(11(13)15)10(12)5-8/h3-5,7,14H,6H2,1-2H3,(H2,13,15). The summed E-state index contributed by atoms with van der Waals surface area (Å²) in [5.41, 5.74) is 7.25. The summed E-state index contributed by atoms with van der Waals surface area (Å²) in [5, 5.41) is 4.47. The third-order valence-corrected chi connectivity index (χ3v) is 3.73. The molecule has 1 unspecified atom stereocenters. The summed E-state index contributed by atoms with van der Waals surface area (Å²) in [5.74, 6) is 0. The lowest BCUT2D eigenvalue weighted by Gasteiger charge is -2.12. The molecular formula is C11H15ClN2S2. The van der Waals surface area contributed by atoms with Gasteiger partial charge in [-0.2, -0.15) is 11.8 Å². The molecule has 2 nitrogen and oxygen atoms in total. The number of nitrogens with two attached hydrogens (primary N) is 1. The second kappa shape index (κ2) is 6.33. The monoisotopic (exact) mass is 274 g/mol. The summed E-state index contributed by atoms with van der Waals surface area (Å²) in [4.78, 5) is 0.328. The van der Waals surface area contributed by atoms with Crippen molar-refractivity contribution in [1.29, 1.82) is 0 Å². The van der Waals surface area contributed by atoms with Crippen LogP contribution >= 0.6 is 35.6 Å². The zero-order chi connectivity index (χ0) is 12.1. The van der Waals surface area contributed by atoms with Gasteiger partial charge in [-0.1, -0.05) is 30.7 Å². The summed E-state index contributed by atoms with van der Waals surface area (Å²) < 4.78 is 0. The Hall–Kier alpha value is -0.450. The summed E-state index contributed by atoms with van der Waals surface area (Å²) in [6, 6.07) is 5.63. The van der Waals surface area contributed by atoms with Gasteiger partial charge < -0.3 is 11.1 Å². The Bertz CT molecular complexity index is 382. The first-order valence-electron chi connectivity index (χ1n) is 4.90. The van der Waals surface area contributed by atoms with Crippen LogP contribution in [0.25, 0.3) is 0 Å². The van der Waals surface area contributed by atoms with E-state index in [1.54, 1.807) is 0 Å². The topological polar surface area (TPSA) is 38.0 Å². The number of anilines is 1. The van der Waals surface area contributed by atoms with Crippen LogP contribution in [0.5, 0.6) is 0 Å². The summed E-state index contributed by atoms with van der Waals surface area (Å²) in [7, 11) is 0. The van der Waals surface area contributed by atoms with E-state index in [0.29, 0.717) is 15.3 Å². The van der Waals surface area contributed by atoms with Crippen LogP contribution in [0.15, 0.2) is 18.2 Å². The van der Waals surface area contributed by atoms with Crippen LogP contribution in [0.1, 0.15) is 12.5 Å². The molecule has 0 spiro atoms. The van der Waals surface area contributed by atoms with Crippen LogP contribution in [0.2, 0.25) is 5.02 Å². The van der Waals surface area contributed by atoms with Crippen molar-refractivity contribution < 1.29 is 0 Å². The Kier molecular flexibility index (Phi) is 5.38. The minimum atomic E-state index is 0.328. The molecule has 1 aromatic carbocycles. The molecule has 3 N–H and O–H groups in total. The van der Waals surface area contributed by atoms with Crippen LogP contribution in [0, 0.1) is 0 Å². The number of hydrogen-bond acceptors (Lipinski definition) is 3. The fraction of sp³-hybridized carbons (Fsp3) is 0.364. The number of benzene rings is 1. The molecule has 0 saturated carbocycles. The second-order valence-electron chi connectivity index (χ2n) is 3.49. The lowest BCUT2D eigenvalue weighted by molar-refractivity contribution is 1.00. The summed E-state index contributed by atoms with van der Waals surface area (Å²) >= 11 is 12.8. The van der Waals surface area contributed by atoms with Crippen molar-refractivity contribution in [2.75, 3.05) is 18.1 Å². The molecule has 0 aromatic heterocycles. The molecular weight excluding hydrogens is 260 g/mol. The van der Waals surface area contributed by atoms with Crippen molar-refractivity contribution in [3.05, 3.63) is 28.8 Å². The maximum Gasteiger partial charge on any atom is 0.105 e. The highest BCUT2D eigenvalue weighted by Crippen LogP contribution is 2.21. The first-order valence-corrected chi connectivity index (χ1v) is 6.98. The average Bonchev–Trinajstić information content (AvgIpc) is 2.25. The molecule has 1 aromatic rings. The lowest BCUT2D eigenvalue weighted by atomic mass is 10.2. The van der Waals surface area contributed by atoms with E-state index in [9.17, 15) is 0 Å². The van der Waals surface area contributed by atoms with Crippen molar-refractivity contribution in [1.82, 2.24) is 0 Å². The van der Waals surface area contributed by atoms with E-state index in [0.717, 1.165) is 17.8 Å². The minimum absolute atomic E-state index is 0.328. The van der Waals surface area contributed by atoms with E-state index in [-0.39, 0.29) is 0 Å². The van der Waals surface area contributed by atoms with Crippen molar-refractivity contribution in [3.8, 4) is 0 Å². The number of thioether (sulfide) groups is 1. The van der Waals surface area contributed by atoms with Crippen molar-refractivity contribution >= 4 is 46.3 Å². The minimum Gasteiger partial charge on any atom is -0.389 e. The lowest BCUT2D eigenvalue weighted by Crippen LogP contribution is -2.13. The molecule has 1 atom stereocenters. The molecule has 0 bridgehead atoms. The van der Waals surface area contributed by atoms with Crippen LogP contribution in [-0.4, -0.2) is 23.0 Å². The molecule has 0 fully saturated rings. The smallest absolute Gasteiger partial charge is 0.105 e. The summed E-state index contributed by atoms with van der Waals surface area (Å²) in [6.07, 6.45) is 2.09. The van der Waals surface area contributed by atoms with Gasteiger partial charge in [-0.3, -0.25) is 0 Å². The maximum atomic E-state index is 6.06.